The quantitative estimate of drug-likeness (QED) is 0.426. The van der Waals surface area contributed by atoms with Crippen molar-refractivity contribution in [3.63, 3.8) is 0 Å². The van der Waals surface area contributed by atoms with Crippen molar-refractivity contribution in [2.24, 2.45) is 0 Å². The molecule has 1 aliphatic heterocycles. The number of ether oxygens (including phenoxy) is 2. The molecule has 3 aromatic carbocycles. The molecule has 4 rings (SSSR count). The first-order valence-electron chi connectivity index (χ1n) is 10.9. The second kappa shape index (κ2) is 9.33. The molecule has 0 amide bonds. The minimum absolute atomic E-state index is 0.0838. The van der Waals surface area contributed by atoms with Crippen LogP contribution >= 0.6 is 0 Å². The van der Waals surface area contributed by atoms with Gasteiger partial charge in [0, 0.05) is 0 Å². The summed E-state index contributed by atoms with van der Waals surface area (Å²) in [5, 5.41) is 13.0. The molecule has 4 nitrogen and oxygen atoms in total. The lowest BCUT2D eigenvalue weighted by Crippen LogP contribution is -2.66. The molecular weight excluding hydrogens is 416 g/mol. The number of aliphatic hydroxyl groups excluding tert-OH is 1. The number of fused-ring (bicyclic) bond motifs is 1. The molecule has 0 spiro atoms. The Balaban J connectivity index is 1.58. The van der Waals surface area contributed by atoms with Crippen molar-refractivity contribution in [3.05, 3.63) is 96.6 Å². The first-order valence-corrected chi connectivity index (χ1v) is 12.8. The number of aliphatic hydroxyl groups is 1. The third-order valence-electron chi connectivity index (χ3n) is 5.87. The van der Waals surface area contributed by atoms with E-state index in [0.717, 1.165) is 5.56 Å². The summed E-state index contributed by atoms with van der Waals surface area (Å²) in [7, 11) is -2.58. The van der Waals surface area contributed by atoms with Gasteiger partial charge < -0.3 is 19.0 Å². The highest BCUT2D eigenvalue weighted by Gasteiger charge is 2.49. The fourth-order valence-corrected chi connectivity index (χ4v) is 8.83. The molecule has 0 aliphatic carbocycles. The Hall–Kier alpha value is -2.86. The van der Waals surface area contributed by atoms with E-state index in [4.69, 9.17) is 13.9 Å². The van der Waals surface area contributed by atoms with Crippen LogP contribution < -0.4 is 19.8 Å². The number of hydrogen-bond donors (Lipinski definition) is 1. The minimum Gasteiger partial charge on any atom is -0.454 e. The monoisotopic (exact) mass is 446 g/mol. The summed E-state index contributed by atoms with van der Waals surface area (Å²) in [4.78, 5) is 0. The van der Waals surface area contributed by atoms with E-state index >= 15 is 0 Å². The molecule has 0 radical (unpaired) electrons. The summed E-state index contributed by atoms with van der Waals surface area (Å²) in [6, 6.07) is 26.6. The van der Waals surface area contributed by atoms with Crippen LogP contribution in [0.3, 0.4) is 0 Å². The molecule has 5 heteroatoms. The molecule has 1 aliphatic rings. The molecule has 32 heavy (non-hydrogen) atoms. The molecule has 0 bridgehead atoms. The van der Waals surface area contributed by atoms with Gasteiger partial charge in [0.1, 0.15) is 0 Å². The standard InChI is InChI=1S/C27H30O4Si/c1-27(2,3)32(22-11-6-4-7-12-22,23-13-8-5-9-14-23)31-18-10-15-24(28)21-16-17-25-26(19-21)30-20-29-25/h4-17,19,24,28H,18,20H2,1-3H3/b15-10-. The first kappa shape index (κ1) is 22.3. The van der Waals surface area contributed by atoms with E-state index in [1.165, 1.54) is 10.4 Å². The van der Waals surface area contributed by atoms with Gasteiger partial charge in [-0.1, -0.05) is 99.7 Å². The summed E-state index contributed by atoms with van der Waals surface area (Å²) in [6.45, 7) is 7.39. The Morgan fingerprint density at radius 1 is 0.906 bits per heavy atom. The zero-order chi connectivity index (χ0) is 22.6. The van der Waals surface area contributed by atoms with E-state index < -0.39 is 14.4 Å². The predicted molar refractivity (Wildman–Crippen MR) is 130 cm³/mol. The fraction of sp³-hybridized carbons (Fsp3) is 0.259. The number of benzene rings is 3. The largest absolute Gasteiger partial charge is 0.454 e. The van der Waals surface area contributed by atoms with Crippen molar-refractivity contribution in [1.82, 2.24) is 0 Å². The van der Waals surface area contributed by atoms with Crippen molar-refractivity contribution >= 4 is 18.7 Å². The molecule has 0 saturated carbocycles. The molecule has 166 valence electrons. The van der Waals surface area contributed by atoms with Gasteiger partial charge in [-0.2, -0.15) is 0 Å². The van der Waals surface area contributed by atoms with Crippen LogP contribution in [0.25, 0.3) is 0 Å². The first-order chi connectivity index (χ1) is 15.4. The second-order valence-corrected chi connectivity index (χ2v) is 13.3. The zero-order valence-corrected chi connectivity index (χ0v) is 19.8. The van der Waals surface area contributed by atoms with E-state index in [1.807, 2.05) is 36.4 Å². The van der Waals surface area contributed by atoms with Crippen LogP contribution in [0, 0.1) is 0 Å². The van der Waals surface area contributed by atoms with E-state index in [0.29, 0.717) is 18.1 Å². The van der Waals surface area contributed by atoms with Gasteiger partial charge in [0.2, 0.25) is 6.79 Å². The van der Waals surface area contributed by atoms with E-state index in [1.54, 1.807) is 6.08 Å². The molecule has 3 aromatic rings. The van der Waals surface area contributed by atoms with Crippen molar-refractivity contribution in [3.8, 4) is 11.5 Å². The number of hydrogen-bond acceptors (Lipinski definition) is 4. The molecule has 0 saturated heterocycles. The van der Waals surface area contributed by atoms with Crippen molar-refractivity contribution in [2.45, 2.75) is 31.9 Å². The summed E-state index contributed by atoms with van der Waals surface area (Å²) in [5.41, 5.74) is 0.760. The highest BCUT2D eigenvalue weighted by molar-refractivity contribution is 6.99. The highest BCUT2D eigenvalue weighted by Crippen LogP contribution is 2.37. The molecule has 0 aromatic heterocycles. The Labute approximate surface area is 191 Å². The van der Waals surface area contributed by atoms with Gasteiger partial charge in [0.25, 0.3) is 8.32 Å². The summed E-state index contributed by atoms with van der Waals surface area (Å²) in [5.74, 6) is 1.37. The van der Waals surface area contributed by atoms with Crippen LogP contribution in [0.4, 0.5) is 0 Å². The Morgan fingerprint density at radius 2 is 1.50 bits per heavy atom. The lowest BCUT2D eigenvalue weighted by molar-refractivity contribution is 0.173. The van der Waals surface area contributed by atoms with E-state index in [-0.39, 0.29) is 11.8 Å². The maximum absolute atomic E-state index is 10.6. The topological polar surface area (TPSA) is 47.9 Å². The van der Waals surface area contributed by atoms with Gasteiger partial charge in [-0.05, 0) is 33.1 Å². The fourth-order valence-electron chi connectivity index (χ4n) is 4.33. The molecule has 1 N–H and O–H groups in total. The highest BCUT2D eigenvalue weighted by atomic mass is 28.4. The van der Waals surface area contributed by atoms with Gasteiger partial charge >= 0.3 is 0 Å². The maximum atomic E-state index is 10.6. The number of rotatable bonds is 7. The molecule has 1 atom stereocenters. The predicted octanol–water partition coefficient (Wildman–Crippen LogP) is 4.58. The van der Waals surface area contributed by atoms with Crippen LogP contribution in [-0.4, -0.2) is 26.8 Å². The zero-order valence-electron chi connectivity index (χ0n) is 18.8. The van der Waals surface area contributed by atoms with Gasteiger partial charge in [-0.15, -0.1) is 0 Å². The summed E-state index contributed by atoms with van der Waals surface area (Å²) < 4.78 is 17.6. The molecule has 1 heterocycles. The third kappa shape index (κ3) is 4.37. The Kier molecular flexibility index (Phi) is 6.51. The Morgan fingerprint density at radius 3 is 2.09 bits per heavy atom. The van der Waals surface area contributed by atoms with Crippen LogP contribution in [0.2, 0.25) is 5.04 Å². The summed E-state index contributed by atoms with van der Waals surface area (Å²) in [6.07, 6.45) is 2.94. The van der Waals surface area contributed by atoms with Crippen molar-refractivity contribution in [2.75, 3.05) is 13.4 Å². The van der Waals surface area contributed by atoms with Crippen LogP contribution in [-0.2, 0) is 4.43 Å². The van der Waals surface area contributed by atoms with Crippen molar-refractivity contribution < 1.29 is 19.0 Å². The average molecular weight is 447 g/mol. The molecule has 1 unspecified atom stereocenters. The van der Waals surface area contributed by atoms with Crippen LogP contribution in [0.1, 0.15) is 32.4 Å². The smallest absolute Gasteiger partial charge is 0.261 e. The lowest BCUT2D eigenvalue weighted by Gasteiger charge is -2.42. The van der Waals surface area contributed by atoms with Gasteiger partial charge in [0.15, 0.2) is 11.5 Å². The van der Waals surface area contributed by atoms with E-state index in [2.05, 4.69) is 69.3 Å². The van der Waals surface area contributed by atoms with E-state index in [9.17, 15) is 5.11 Å². The van der Waals surface area contributed by atoms with Gasteiger partial charge in [-0.25, -0.2) is 0 Å². The second-order valence-electron chi connectivity index (χ2n) is 8.96. The normalized spacial score (nSPS) is 14.6. The van der Waals surface area contributed by atoms with Crippen LogP contribution in [0.15, 0.2) is 91.0 Å². The van der Waals surface area contributed by atoms with Crippen LogP contribution in [0.5, 0.6) is 11.5 Å². The maximum Gasteiger partial charge on any atom is 0.261 e. The van der Waals surface area contributed by atoms with Gasteiger partial charge in [-0.3, -0.25) is 0 Å². The van der Waals surface area contributed by atoms with Gasteiger partial charge in [0.05, 0.1) is 12.7 Å². The lowest BCUT2D eigenvalue weighted by atomic mass is 10.1. The summed E-state index contributed by atoms with van der Waals surface area (Å²) >= 11 is 0. The van der Waals surface area contributed by atoms with Crippen molar-refractivity contribution in [1.29, 1.82) is 0 Å². The molecule has 0 fully saturated rings. The molecular formula is C27H30O4Si. The Bertz CT molecular complexity index is 1020. The SMILES string of the molecule is CC(C)(C)[Si](OC/C=C\C(O)c1ccc2c(c1)OCO2)(c1ccccc1)c1ccccc1. The average Bonchev–Trinajstić information content (AvgIpc) is 3.27. The minimum atomic E-state index is -2.58. The third-order valence-corrected chi connectivity index (χ3v) is 10.9.